The highest BCUT2D eigenvalue weighted by Crippen LogP contribution is 2.25. The third-order valence-electron chi connectivity index (χ3n) is 2.31. The molecule has 0 aliphatic rings. The van der Waals surface area contributed by atoms with Gasteiger partial charge in [0.1, 0.15) is 5.75 Å². The van der Waals surface area contributed by atoms with Crippen molar-refractivity contribution in [2.75, 3.05) is 17.5 Å². The molecule has 0 amide bonds. The Morgan fingerprint density at radius 3 is 2.63 bits per heavy atom. The molecule has 106 valence electrons. The quantitative estimate of drug-likeness (QED) is 0.418. The molecule has 0 aliphatic heterocycles. The first kappa shape index (κ1) is 15.4. The van der Waals surface area contributed by atoms with E-state index in [1.54, 1.807) is 0 Å². The van der Waals surface area contributed by atoms with E-state index in [2.05, 4.69) is 4.72 Å². The Bertz CT molecular complexity index is 570. The number of nitrogens with two attached hydrogens (primary N) is 1. The minimum absolute atomic E-state index is 0.0434. The van der Waals surface area contributed by atoms with Crippen molar-refractivity contribution in [2.24, 2.45) is 5.73 Å². The first-order chi connectivity index (χ1) is 8.73. The van der Waals surface area contributed by atoms with Crippen molar-refractivity contribution in [2.45, 2.75) is 12.5 Å². The molecule has 0 spiro atoms. The Labute approximate surface area is 111 Å². The molecule has 0 saturated carbocycles. The maximum atomic E-state index is 11.8. The molecular formula is C11H16N2O5S. The predicted molar refractivity (Wildman–Crippen MR) is 70.6 cm³/mol. The molecule has 1 rings (SSSR count). The van der Waals surface area contributed by atoms with Crippen LogP contribution in [-0.2, 0) is 10.0 Å². The van der Waals surface area contributed by atoms with E-state index in [-0.39, 0.29) is 30.0 Å². The number of aliphatic hydroxyl groups is 1. The van der Waals surface area contributed by atoms with Gasteiger partial charge in [-0.2, -0.15) is 0 Å². The minimum Gasteiger partial charge on any atom is -0.506 e. The van der Waals surface area contributed by atoms with Crippen LogP contribution in [0.3, 0.4) is 0 Å². The van der Waals surface area contributed by atoms with Crippen molar-refractivity contribution in [3.05, 3.63) is 23.8 Å². The maximum absolute atomic E-state index is 11.8. The predicted octanol–water partition coefficient (Wildman–Crippen LogP) is -0.344. The fourth-order valence-corrected chi connectivity index (χ4v) is 1.97. The molecular weight excluding hydrogens is 272 g/mol. The fraction of sp³-hybridized carbons (Fsp3) is 0.364. The van der Waals surface area contributed by atoms with Crippen LogP contribution in [0.4, 0.5) is 5.69 Å². The van der Waals surface area contributed by atoms with Gasteiger partial charge in [-0.1, -0.05) is 0 Å². The fourth-order valence-electron chi connectivity index (χ4n) is 1.41. The number of aromatic hydroxyl groups is 1. The highest BCUT2D eigenvalue weighted by Gasteiger charge is 2.14. The first-order valence-electron chi connectivity index (χ1n) is 5.45. The Morgan fingerprint density at radius 2 is 2.11 bits per heavy atom. The average molecular weight is 288 g/mol. The van der Waals surface area contributed by atoms with Gasteiger partial charge in [-0.3, -0.25) is 9.52 Å². The van der Waals surface area contributed by atoms with Crippen molar-refractivity contribution in [1.82, 2.24) is 0 Å². The smallest absolute Gasteiger partial charge is 0.229 e. The normalized spacial score (nSPS) is 13.0. The molecule has 0 aliphatic carbocycles. The molecule has 8 heteroatoms. The van der Waals surface area contributed by atoms with E-state index in [0.29, 0.717) is 0 Å². The Kier molecular flexibility index (Phi) is 4.87. The van der Waals surface area contributed by atoms with Crippen LogP contribution in [0.25, 0.3) is 0 Å². The summed E-state index contributed by atoms with van der Waals surface area (Å²) in [6.45, 7) is -0.0434. The molecule has 0 heterocycles. The topological polar surface area (TPSA) is 130 Å². The van der Waals surface area contributed by atoms with E-state index in [1.807, 2.05) is 0 Å². The van der Waals surface area contributed by atoms with Gasteiger partial charge in [0, 0.05) is 18.5 Å². The third-order valence-corrected chi connectivity index (χ3v) is 2.90. The SMILES string of the molecule is CS(=O)(=O)Nc1cc(C(=O)C[C@@H](O)CN)ccc1O. The van der Waals surface area contributed by atoms with Crippen LogP contribution in [-0.4, -0.2) is 43.3 Å². The molecule has 0 bridgehead atoms. The van der Waals surface area contributed by atoms with Gasteiger partial charge in [-0.05, 0) is 18.2 Å². The third kappa shape index (κ3) is 4.86. The van der Waals surface area contributed by atoms with E-state index in [4.69, 9.17) is 5.73 Å². The number of anilines is 1. The number of rotatable bonds is 6. The number of sulfonamides is 1. The van der Waals surface area contributed by atoms with E-state index in [0.717, 1.165) is 6.26 Å². The lowest BCUT2D eigenvalue weighted by Gasteiger charge is -2.10. The summed E-state index contributed by atoms with van der Waals surface area (Å²) in [6.07, 6.45) is -0.189. The highest BCUT2D eigenvalue weighted by molar-refractivity contribution is 7.92. The van der Waals surface area contributed by atoms with E-state index in [9.17, 15) is 23.4 Å². The van der Waals surface area contributed by atoms with Gasteiger partial charge in [-0.25, -0.2) is 8.42 Å². The molecule has 0 fully saturated rings. The number of phenolic OH excluding ortho intramolecular Hbond substituents is 1. The number of carbonyl (C=O) groups is 1. The van der Waals surface area contributed by atoms with Crippen molar-refractivity contribution in [3.63, 3.8) is 0 Å². The van der Waals surface area contributed by atoms with E-state index < -0.39 is 21.9 Å². The molecule has 0 radical (unpaired) electrons. The maximum Gasteiger partial charge on any atom is 0.229 e. The van der Waals surface area contributed by atoms with Crippen LogP contribution < -0.4 is 10.5 Å². The van der Waals surface area contributed by atoms with Crippen molar-refractivity contribution in [3.8, 4) is 5.75 Å². The van der Waals surface area contributed by atoms with Gasteiger partial charge >= 0.3 is 0 Å². The zero-order valence-corrected chi connectivity index (χ0v) is 11.1. The van der Waals surface area contributed by atoms with Gasteiger partial charge in [0.2, 0.25) is 10.0 Å². The standard InChI is InChI=1S/C11H16N2O5S/c1-19(17,18)13-9-4-7(2-3-10(9)15)11(16)5-8(14)6-12/h2-4,8,13-15H,5-6,12H2,1H3/t8-/m1/s1. The number of carbonyl (C=O) groups excluding carboxylic acids is 1. The zero-order chi connectivity index (χ0) is 14.6. The molecule has 1 aromatic carbocycles. The van der Waals surface area contributed by atoms with Crippen LogP contribution in [0.15, 0.2) is 18.2 Å². The zero-order valence-electron chi connectivity index (χ0n) is 10.3. The summed E-state index contributed by atoms with van der Waals surface area (Å²) in [4.78, 5) is 11.8. The molecule has 0 saturated heterocycles. The first-order valence-corrected chi connectivity index (χ1v) is 7.34. The van der Waals surface area contributed by atoms with Crippen molar-refractivity contribution >= 4 is 21.5 Å². The second-order valence-corrected chi connectivity index (χ2v) is 5.87. The van der Waals surface area contributed by atoms with Crippen LogP contribution in [0.1, 0.15) is 16.8 Å². The summed E-state index contributed by atoms with van der Waals surface area (Å²) in [5.41, 5.74) is 5.29. The average Bonchev–Trinajstić information content (AvgIpc) is 2.29. The molecule has 5 N–H and O–H groups in total. The van der Waals surface area contributed by atoms with Crippen LogP contribution >= 0.6 is 0 Å². The summed E-state index contributed by atoms with van der Waals surface area (Å²) in [6, 6.07) is 3.76. The van der Waals surface area contributed by atoms with Crippen molar-refractivity contribution in [1.29, 1.82) is 0 Å². The number of hydrogen-bond donors (Lipinski definition) is 4. The molecule has 1 aromatic rings. The molecule has 0 unspecified atom stereocenters. The van der Waals surface area contributed by atoms with E-state index in [1.165, 1.54) is 18.2 Å². The Balaban J connectivity index is 2.99. The molecule has 7 nitrogen and oxygen atoms in total. The molecule has 1 atom stereocenters. The van der Waals surface area contributed by atoms with Gasteiger partial charge < -0.3 is 15.9 Å². The Hall–Kier alpha value is -1.64. The number of benzene rings is 1. The van der Waals surface area contributed by atoms with Crippen LogP contribution in [0.5, 0.6) is 5.75 Å². The van der Waals surface area contributed by atoms with E-state index >= 15 is 0 Å². The summed E-state index contributed by atoms with van der Waals surface area (Å²) >= 11 is 0. The van der Waals surface area contributed by atoms with Crippen molar-refractivity contribution < 1.29 is 23.4 Å². The minimum atomic E-state index is -3.56. The van der Waals surface area contributed by atoms with Crippen LogP contribution in [0, 0.1) is 0 Å². The molecule has 19 heavy (non-hydrogen) atoms. The number of ketones is 1. The summed E-state index contributed by atoms with van der Waals surface area (Å²) < 4.78 is 24.3. The number of aliphatic hydroxyl groups excluding tert-OH is 1. The lowest BCUT2D eigenvalue weighted by molar-refractivity contribution is 0.0890. The van der Waals surface area contributed by atoms with Gasteiger partial charge in [-0.15, -0.1) is 0 Å². The number of phenols is 1. The monoisotopic (exact) mass is 288 g/mol. The lowest BCUT2D eigenvalue weighted by Crippen LogP contribution is -2.23. The summed E-state index contributed by atoms with van der Waals surface area (Å²) in [5.74, 6) is -0.684. The van der Waals surface area contributed by atoms with Gasteiger partial charge in [0.15, 0.2) is 5.78 Å². The second-order valence-electron chi connectivity index (χ2n) is 4.12. The second kappa shape index (κ2) is 6.00. The summed E-state index contributed by atoms with van der Waals surface area (Å²) in [5, 5.41) is 18.8. The number of nitrogens with one attached hydrogen (secondary N) is 1. The lowest BCUT2D eigenvalue weighted by atomic mass is 10.0. The molecule has 0 aromatic heterocycles. The van der Waals surface area contributed by atoms with Crippen LogP contribution in [0.2, 0.25) is 0 Å². The van der Waals surface area contributed by atoms with Gasteiger partial charge in [0.05, 0.1) is 18.0 Å². The van der Waals surface area contributed by atoms with Gasteiger partial charge in [0.25, 0.3) is 0 Å². The largest absolute Gasteiger partial charge is 0.506 e. The Morgan fingerprint density at radius 1 is 1.47 bits per heavy atom. The highest BCUT2D eigenvalue weighted by atomic mass is 32.2. The summed E-state index contributed by atoms with van der Waals surface area (Å²) in [7, 11) is -3.56. The number of hydrogen-bond acceptors (Lipinski definition) is 6. The number of Topliss-reactive ketones (excluding diaryl/α,β-unsaturated/α-hetero) is 1.